The maximum Gasteiger partial charge on any atom is 0.232 e. The van der Waals surface area contributed by atoms with Gasteiger partial charge in [0.25, 0.3) is 0 Å². The molecule has 1 rings (SSSR count). The Morgan fingerprint density at radius 1 is 1.11 bits per heavy atom. The van der Waals surface area contributed by atoms with Crippen molar-refractivity contribution in [1.82, 2.24) is 0 Å². The third-order valence-electron chi connectivity index (χ3n) is 1.53. The zero-order chi connectivity index (χ0) is 5.82. The molecule has 1 fully saturated rings. The quantitative estimate of drug-likeness (QED) is 0.385. The number of piperidine rings is 1. The van der Waals surface area contributed by atoms with E-state index in [0.29, 0.717) is 0 Å². The second-order valence-corrected chi connectivity index (χ2v) is 2.39. The van der Waals surface area contributed by atoms with Crippen molar-refractivity contribution in [3.63, 3.8) is 0 Å². The number of hydrogen-bond acceptors (Lipinski definition) is 0. The van der Waals surface area contributed by atoms with Crippen LogP contribution < -0.4 is 12.4 Å². The summed E-state index contributed by atoms with van der Waals surface area (Å²) in [7, 11) is 0. The molecule has 0 bridgehead atoms. The van der Waals surface area contributed by atoms with E-state index in [4.69, 9.17) is 11.6 Å². The first-order valence-corrected chi connectivity index (χ1v) is 3.55. The molecule has 9 heavy (non-hydrogen) atoms. The largest absolute Gasteiger partial charge is 1.00 e. The van der Waals surface area contributed by atoms with E-state index in [0.717, 1.165) is 13.1 Å². The van der Waals surface area contributed by atoms with Gasteiger partial charge in [0.1, 0.15) is 13.1 Å². The van der Waals surface area contributed by atoms with Gasteiger partial charge in [-0.2, -0.15) is 0 Å². The molecule has 0 aromatic rings. The van der Waals surface area contributed by atoms with E-state index >= 15 is 0 Å². The fraction of sp³-hybridized carbons (Fsp3) is 0.833. The Kier molecular flexibility index (Phi) is 5.21. The Morgan fingerprint density at radius 2 is 1.67 bits per heavy atom. The van der Waals surface area contributed by atoms with Gasteiger partial charge in [0, 0.05) is 12.8 Å². The molecule has 0 aromatic heterocycles. The summed E-state index contributed by atoms with van der Waals surface area (Å²) in [5.41, 5.74) is 1.67. The molecule has 54 valence electrons. The third-order valence-corrected chi connectivity index (χ3v) is 1.80. The summed E-state index contributed by atoms with van der Waals surface area (Å²) in [6.45, 7) is 2.31. The molecule has 0 aromatic carbocycles. The second kappa shape index (κ2) is 5.07. The third kappa shape index (κ3) is 3.07. The first kappa shape index (κ1) is 9.25. The predicted octanol–water partition coefficient (Wildman–Crippen LogP) is -1.55. The van der Waals surface area contributed by atoms with E-state index in [1.807, 2.05) is 0 Å². The maximum absolute atomic E-state index is 5.48. The molecule has 0 N–H and O–H groups in total. The molecular weight excluding hydrogens is 157 g/mol. The minimum absolute atomic E-state index is 0. The standard InChI is InChI=1S/C6H11ClN.ClH/c7-6-8-4-2-1-3-5-8;/h6H,1-5H2;1H/q+1;/p-1. The first-order valence-electron chi connectivity index (χ1n) is 3.11. The summed E-state index contributed by atoms with van der Waals surface area (Å²) in [4.78, 5) is 0. The van der Waals surface area contributed by atoms with Crippen LogP contribution >= 0.6 is 11.6 Å². The van der Waals surface area contributed by atoms with Crippen molar-refractivity contribution in [3.8, 4) is 0 Å². The minimum atomic E-state index is 0. The van der Waals surface area contributed by atoms with E-state index in [9.17, 15) is 0 Å². The zero-order valence-electron chi connectivity index (χ0n) is 5.32. The second-order valence-electron chi connectivity index (χ2n) is 2.19. The van der Waals surface area contributed by atoms with Gasteiger partial charge in [-0.15, -0.1) is 0 Å². The van der Waals surface area contributed by atoms with Crippen LogP contribution in [0, 0.1) is 0 Å². The van der Waals surface area contributed by atoms with Gasteiger partial charge in [0.15, 0.2) is 0 Å². The summed E-state index contributed by atoms with van der Waals surface area (Å²) in [5.74, 6) is 0. The minimum Gasteiger partial charge on any atom is -1.00 e. The lowest BCUT2D eigenvalue weighted by molar-refractivity contribution is -0.530. The molecule has 1 aliphatic rings. The first-order chi connectivity index (χ1) is 3.93. The molecule has 0 saturated carbocycles. The molecule has 0 atom stereocenters. The van der Waals surface area contributed by atoms with Crippen molar-refractivity contribution in [2.45, 2.75) is 19.3 Å². The van der Waals surface area contributed by atoms with Crippen molar-refractivity contribution < 1.29 is 17.0 Å². The molecule has 1 saturated heterocycles. The van der Waals surface area contributed by atoms with Gasteiger partial charge >= 0.3 is 0 Å². The summed E-state index contributed by atoms with van der Waals surface area (Å²) in [6, 6.07) is 0. The fourth-order valence-electron chi connectivity index (χ4n) is 1.02. The molecule has 1 nitrogen and oxygen atoms in total. The SMILES string of the molecule is ClC=[N+]1CCCCC1.[Cl-]. The van der Waals surface area contributed by atoms with Gasteiger partial charge < -0.3 is 12.4 Å². The smallest absolute Gasteiger partial charge is 0.232 e. The lowest BCUT2D eigenvalue weighted by atomic mass is 10.2. The van der Waals surface area contributed by atoms with Gasteiger partial charge in [-0.3, -0.25) is 0 Å². The van der Waals surface area contributed by atoms with E-state index < -0.39 is 0 Å². The Bertz CT molecular complexity index is 93.2. The highest BCUT2D eigenvalue weighted by Gasteiger charge is 2.08. The summed E-state index contributed by atoms with van der Waals surface area (Å²) < 4.78 is 2.16. The lowest BCUT2D eigenvalue weighted by Crippen LogP contribution is -3.00. The average molecular weight is 168 g/mol. The van der Waals surface area contributed by atoms with E-state index in [1.54, 1.807) is 5.67 Å². The van der Waals surface area contributed by atoms with Crippen LogP contribution in [-0.4, -0.2) is 23.3 Å². The number of nitrogens with zero attached hydrogens (tertiary/aromatic N) is 1. The topological polar surface area (TPSA) is 3.01 Å². The summed E-state index contributed by atoms with van der Waals surface area (Å²) in [6.07, 6.45) is 3.99. The van der Waals surface area contributed by atoms with Gasteiger partial charge in [0.05, 0.1) is 0 Å². The Balaban J connectivity index is 0.000000640. The van der Waals surface area contributed by atoms with Crippen LogP contribution in [0.2, 0.25) is 0 Å². The highest BCUT2D eigenvalue weighted by Crippen LogP contribution is 2.02. The van der Waals surface area contributed by atoms with Crippen molar-refractivity contribution in [1.29, 1.82) is 0 Å². The monoisotopic (exact) mass is 167 g/mol. The van der Waals surface area contributed by atoms with Gasteiger partial charge in [-0.1, -0.05) is 0 Å². The highest BCUT2D eigenvalue weighted by molar-refractivity contribution is 6.54. The van der Waals surface area contributed by atoms with Crippen molar-refractivity contribution in [2.24, 2.45) is 0 Å². The van der Waals surface area contributed by atoms with Crippen LogP contribution in [0.25, 0.3) is 0 Å². The van der Waals surface area contributed by atoms with E-state index in [2.05, 4.69) is 4.58 Å². The molecule has 0 aliphatic carbocycles. The van der Waals surface area contributed by atoms with Crippen LogP contribution in [0.4, 0.5) is 0 Å². The van der Waals surface area contributed by atoms with Gasteiger partial charge in [-0.25, -0.2) is 4.58 Å². The molecule has 1 aliphatic heterocycles. The fourth-order valence-corrected chi connectivity index (χ4v) is 1.21. The molecule has 3 heteroatoms. The molecule has 0 spiro atoms. The Morgan fingerprint density at radius 3 is 2.00 bits per heavy atom. The molecular formula is C6H11Cl2N. The van der Waals surface area contributed by atoms with Crippen LogP contribution in [0.3, 0.4) is 0 Å². The normalized spacial score (nSPS) is 18.6. The summed E-state index contributed by atoms with van der Waals surface area (Å²) >= 11 is 5.48. The zero-order valence-corrected chi connectivity index (χ0v) is 6.83. The van der Waals surface area contributed by atoms with Crippen molar-refractivity contribution in [3.05, 3.63) is 0 Å². The molecule has 1 heterocycles. The highest BCUT2D eigenvalue weighted by atomic mass is 35.5. The van der Waals surface area contributed by atoms with E-state index in [1.165, 1.54) is 19.3 Å². The summed E-state index contributed by atoms with van der Waals surface area (Å²) in [5, 5.41) is 0. The number of hydrogen-bond donors (Lipinski definition) is 0. The van der Waals surface area contributed by atoms with Crippen molar-refractivity contribution in [2.75, 3.05) is 13.1 Å². The Labute approximate surface area is 67.1 Å². The van der Waals surface area contributed by atoms with Crippen LogP contribution in [-0.2, 0) is 0 Å². The van der Waals surface area contributed by atoms with E-state index in [-0.39, 0.29) is 12.4 Å². The molecule has 0 amide bonds. The maximum atomic E-state index is 5.48. The lowest BCUT2D eigenvalue weighted by Gasteiger charge is -2.06. The molecule has 0 radical (unpaired) electrons. The number of halogens is 2. The predicted molar refractivity (Wildman–Crippen MR) is 35.8 cm³/mol. The van der Waals surface area contributed by atoms with Crippen molar-refractivity contribution >= 4 is 17.3 Å². The van der Waals surface area contributed by atoms with Gasteiger partial charge in [-0.05, 0) is 18.0 Å². The average Bonchev–Trinajstić information content (AvgIpc) is 1.90. The van der Waals surface area contributed by atoms with Crippen LogP contribution in [0.15, 0.2) is 0 Å². The van der Waals surface area contributed by atoms with Crippen LogP contribution in [0.5, 0.6) is 0 Å². The van der Waals surface area contributed by atoms with Gasteiger partial charge in [0.2, 0.25) is 5.67 Å². The Hall–Kier alpha value is 0.250. The van der Waals surface area contributed by atoms with Crippen LogP contribution in [0.1, 0.15) is 19.3 Å². The molecule has 0 unspecified atom stereocenters. The number of rotatable bonds is 0.